The van der Waals surface area contributed by atoms with Crippen molar-refractivity contribution in [1.29, 1.82) is 0 Å². The Labute approximate surface area is 120 Å². The molecule has 19 heavy (non-hydrogen) atoms. The molecule has 0 aromatic rings. The fourth-order valence-electron chi connectivity index (χ4n) is 3.34. The zero-order valence-electron chi connectivity index (χ0n) is 13.5. The Kier molecular flexibility index (Phi) is 7.96. The van der Waals surface area contributed by atoms with E-state index in [0.717, 1.165) is 13.1 Å². The molecule has 0 bridgehead atoms. The normalized spacial score (nSPS) is 19.9. The highest BCUT2D eigenvalue weighted by Gasteiger charge is 2.31. The molecule has 0 aliphatic heterocycles. The lowest BCUT2D eigenvalue weighted by atomic mass is 9.80. The van der Waals surface area contributed by atoms with E-state index in [1.54, 1.807) is 0 Å². The summed E-state index contributed by atoms with van der Waals surface area (Å²) in [6.45, 7) is 7.94. The first-order valence-electron chi connectivity index (χ1n) is 8.19. The summed E-state index contributed by atoms with van der Waals surface area (Å²) in [6, 6.07) is 0. The highest BCUT2D eigenvalue weighted by Crippen LogP contribution is 2.34. The molecule has 0 aromatic heterocycles. The van der Waals surface area contributed by atoms with Gasteiger partial charge in [-0.25, -0.2) is 0 Å². The van der Waals surface area contributed by atoms with Crippen LogP contribution >= 0.6 is 0 Å². The number of nitrogens with two attached hydrogens (primary N) is 1. The van der Waals surface area contributed by atoms with E-state index in [4.69, 9.17) is 5.73 Å². The fourth-order valence-corrected chi connectivity index (χ4v) is 3.34. The van der Waals surface area contributed by atoms with E-state index in [9.17, 15) is 0 Å². The molecule has 0 atom stereocenters. The summed E-state index contributed by atoms with van der Waals surface area (Å²) in [5.74, 6) is 0. The van der Waals surface area contributed by atoms with Crippen LogP contribution in [0.3, 0.4) is 0 Å². The minimum absolute atomic E-state index is 0.407. The van der Waals surface area contributed by atoms with E-state index in [-0.39, 0.29) is 0 Å². The van der Waals surface area contributed by atoms with E-state index < -0.39 is 0 Å². The molecule has 2 N–H and O–H groups in total. The molecule has 114 valence electrons. The zero-order chi connectivity index (χ0) is 14.1. The first-order chi connectivity index (χ1) is 9.12. The van der Waals surface area contributed by atoms with Gasteiger partial charge in [0, 0.05) is 6.54 Å². The summed E-state index contributed by atoms with van der Waals surface area (Å²) in [5.41, 5.74) is 6.56. The van der Waals surface area contributed by atoms with Crippen molar-refractivity contribution in [1.82, 2.24) is 9.80 Å². The van der Waals surface area contributed by atoms with Crippen LogP contribution in [0.4, 0.5) is 0 Å². The van der Waals surface area contributed by atoms with Gasteiger partial charge in [-0.1, -0.05) is 32.6 Å². The van der Waals surface area contributed by atoms with Crippen molar-refractivity contribution in [3.8, 4) is 0 Å². The van der Waals surface area contributed by atoms with Gasteiger partial charge in [0.25, 0.3) is 0 Å². The molecular formula is C16H35N3. The maximum Gasteiger partial charge on any atom is 0.00500 e. The molecule has 3 nitrogen and oxygen atoms in total. The van der Waals surface area contributed by atoms with Crippen LogP contribution in [0.15, 0.2) is 0 Å². The van der Waals surface area contributed by atoms with Crippen molar-refractivity contribution in [3.63, 3.8) is 0 Å². The van der Waals surface area contributed by atoms with Crippen LogP contribution in [0.1, 0.15) is 51.9 Å². The Balaban J connectivity index is 2.45. The van der Waals surface area contributed by atoms with Crippen LogP contribution in [0.25, 0.3) is 0 Å². The molecule has 0 unspecified atom stereocenters. The maximum absolute atomic E-state index is 6.15. The summed E-state index contributed by atoms with van der Waals surface area (Å²) < 4.78 is 0. The zero-order valence-corrected chi connectivity index (χ0v) is 13.5. The molecule has 0 saturated heterocycles. The van der Waals surface area contributed by atoms with Gasteiger partial charge < -0.3 is 15.5 Å². The third-order valence-corrected chi connectivity index (χ3v) is 4.68. The molecule has 0 amide bonds. The van der Waals surface area contributed by atoms with Crippen LogP contribution in [0.5, 0.6) is 0 Å². The lowest BCUT2D eigenvalue weighted by Gasteiger charge is -2.37. The molecule has 0 aromatic carbocycles. The summed E-state index contributed by atoms with van der Waals surface area (Å²) in [5, 5.41) is 0. The van der Waals surface area contributed by atoms with Gasteiger partial charge in [0.1, 0.15) is 0 Å². The molecule has 1 rings (SSSR count). The molecule has 1 aliphatic rings. The van der Waals surface area contributed by atoms with Crippen molar-refractivity contribution in [2.45, 2.75) is 51.9 Å². The molecule has 1 aliphatic carbocycles. The molecular weight excluding hydrogens is 234 g/mol. The largest absolute Gasteiger partial charge is 0.330 e. The summed E-state index contributed by atoms with van der Waals surface area (Å²) >= 11 is 0. The Bertz CT molecular complexity index is 220. The third-order valence-electron chi connectivity index (χ3n) is 4.68. The van der Waals surface area contributed by atoms with Crippen LogP contribution in [0, 0.1) is 5.41 Å². The summed E-state index contributed by atoms with van der Waals surface area (Å²) in [6.07, 6.45) is 9.53. The molecule has 1 saturated carbocycles. The highest BCUT2D eigenvalue weighted by molar-refractivity contribution is 4.85. The number of hydrogen-bond donors (Lipinski definition) is 1. The van der Waals surface area contributed by atoms with Crippen LogP contribution in [-0.4, -0.2) is 56.6 Å². The van der Waals surface area contributed by atoms with Gasteiger partial charge in [0.2, 0.25) is 0 Å². The van der Waals surface area contributed by atoms with Crippen LogP contribution in [0.2, 0.25) is 0 Å². The number of nitrogens with zero attached hydrogens (tertiary/aromatic N) is 2. The van der Waals surface area contributed by atoms with Gasteiger partial charge >= 0.3 is 0 Å². The van der Waals surface area contributed by atoms with Crippen molar-refractivity contribution in [3.05, 3.63) is 0 Å². The molecule has 0 radical (unpaired) electrons. The minimum atomic E-state index is 0.407. The van der Waals surface area contributed by atoms with Gasteiger partial charge in [-0.05, 0) is 65.0 Å². The first kappa shape index (κ1) is 16.9. The predicted octanol–water partition coefficient (Wildman–Crippen LogP) is 2.56. The van der Waals surface area contributed by atoms with Crippen molar-refractivity contribution >= 4 is 0 Å². The summed E-state index contributed by atoms with van der Waals surface area (Å²) in [4.78, 5) is 4.90. The summed E-state index contributed by atoms with van der Waals surface area (Å²) in [7, 11) is 4.31. The van der Waals surface area contributed by atoms with Crippen LogP contribution in [-0.2, 0) is 0 Å². The number of rotatable bonds is 8. The first-order valence-corrected chi connectivity index (χ1v) is 8.19. The third kappa shape index (κ3) is 6.24. The lowest BCUT2D eigenvalue weighted by molar-refractivity contribution is 0.137. The highest BCUT2D eigenvalue weighted by atomic mass is 15.1. The second kappa shape index (κ2) is 8.93. The van der Waals surface area contributed by atoms with Crippen molar-refractivity contribution in [2.75, 3.05) is 46.8 Å². The Hall–Kier alpha value is -0.120. The second-order valence-electron chi connectivity index (χ2n) is 6.64. The second-order valence-corrected chi connectivity index (χ2v) is 6.64. The SMILES string of the molecule is CCN(CCCN(C)C)CC1(CN)CCCCCC1. The Morgan fingerprint density at radius 2 is 1.63 bits per heavy atom. The van der Waals surface area contributed by atoms with E-state index >= 15 is 0 Å². The maximum atomic E-state index is 6.15. The van der Waals surface area contributed by atoms with Gasteiger partial charge in [0.05, 0.1) is 0 Å². The quantitative estimate of drug-likeness (QED) is 0.687. The van der Waals surface area contributed by atoms with E-state index in [2.05, 4.69) is 30.8 Å². The van der Waals surface area contributed by atoms with Gasteiger partial charge in [-0.2, -0.15) is 0 Å². The molecule has 0 spiro atoms. The van der Waals surface area contributed by atoms with Crippen LogP contribution < -0.4 is 5.73 Å². The topological polar surface area (TPSA) is 32.5 Å². The van der Waals surface area contributed by atoms with E-state index in [1.165, 1.54) is 64.6 Å². The predicted molar refractivity (Wildman–Crippen MR) is 84.5 cm³/mol. The smallest absolute Gasteiger partial charge is 0.00500 e. The fraction of sp³-hybridized carbons (Fsp3) is 1.00. The average Bonchev–Trinajstić information content (AvgIpc) is 2.63. The van der Waals surface area contributed by atoms with Gasteiger partial charge in [-0.15, -0.1) is 0 Å². The van der Waals surface area contributed by atoms with Gasteiger partial charge in [0.15, 0.2) is 0 Å². The molecule has 0 heterocycles. The van der Waals surface area contributed by atoms with Gasteiger partial charge in [-0.3, -0.25) is 0 Å². The minimum Gasteiger partial charge on any atom is -0.330 e. The lowest BCUT2D eigenvalue weighted by Crippen LogP contribution is -2.43. The Morgan fingerprint density at radius 3 is 2.11 bits per heavy atom. The Morgan fingerprint density at radius 1 is 1.00 bits per heavy atom. The monoisotopic (exact) mass is 269 g/mol. The molecule has 1 fully saturated rings. The average molecular weight is 269 g/mol. The number of hydrogen-bond acceptors (Lipinski definition) is 3. The van der Waals surface area contributed by atoms with E-state index in [1.807, 2.05) is 0 Å². The van der Waals surface area contributed by atoms with E-state index in [0.29, 0.717) is 5.41 Å². The van der Waals surface area contributed by atoms with Crippen molar-refractivity contribution < 1.29 is 0 Å². The molecule has 3 heteroatoms. The standard InChI is InChI=1S/C16H35N3/c1-4-19(13-9-12-18(2)3)15-16(14-17)10-7-5-6-8-11-16/h4-15,17H2,1-3H3. The van der Waals surface area contributed by atoms with Crippen molar-refractivity contribution in [2.24, 2.45) is 11.1 Å².